The van der Waals surface area contributed by atoms with E-state index in [2.05, 4.69) is 34.6 Å². The Morgan fingerprint density at radius 2 is 2.12 bits per heavy atom. The number of carbonyl (C=O) groups is 1. The molecule has 1 saturated heterocycles. The van der Waals surface area contributed by atoms with Crippen molar-refractivity contribution in [2.45, 2.75) is 43.1 Å². The third-order valence-electron chi connectivity index (χ3n) is 4.42. The molecule has 0 spiro atoms. The molecule has 0 saturated carbocycles. The van der Waals surface area contributed by atoms with Gasteiger partial charge in [-0.2, -0.15) is 0 Å². The summed E-state index contributed by atoms with van der Waals surface area (Å²) in [5.41, 5.74) is 1.26. The van der Waals surface area contributed by atoms with Gasteiger partial charge >= 0.3 is 6.03 Å². The fourth-order valence-corrected chi connectivity index (χ4v) is 3.95. The maximum atomic E-state index is 12.4. The molecule has 6 nitrogen and oxygen atoms in total. The van der Waals surface area contributed by atoms with E-state index in [9.17, 15) is 4.79 Å². The van der Waals surface area contributed by atoms with Crippen LogP contribution in [0.4, 0.5) is 4.79 Å². The van der Waals surface area contributed by atoms with Crippen LogP contribution in [-0.2, 0) is 12.8 Å². The van der Waals surface area contributed by atoms with Crippen molar-refractivity contribution in [3.8, 4) is 0 Å². The lowest BCUT2D eigenvalue weighted by Gasteiger charge is -2.24. The summed E-state index contributed by atoms with van der Waals surface area (Å²) in [5.74, 6) is 1.73. The molecule has 134 valence electrons. The molecule has 2 heterocycles. The summed E-state index contributed by atoms with van der Waals surface area (Å²) in [7, 11) is 1.99. The van der Waals surface area contributed by atoms with Crippen LogP contribution in [0.1, 0.15) is 43.6 Å². The van der Waals surface area contributed by atoms with Crippen molar-refractivity contribution in [2.24, 2.45) is 7.05 Å². The number of rotatable bonds is 6. The van der Waals surface area contributed by atoms with Crippen LogP contribution < -0.4 is 5.32 Å². The maximum Gasteiger partial charge on any atom is 0.318 e. The molecule has 25 heavy (non-hydrogen) atoms. The third-order valence-corrected chi connectivity index (χ3v) is 5.51. The summed E-state index contributed by atoms with van der Waals surface area (Å²) in [6.07, 6.45) is 2.88. The fraction of sp³-hybridized carbons (Fsp3) is 0.500. The zero-order valence-electron chi connectivity index (χ0n) is 14.8. The molecule has 2 amide bonds. The number of benzene rings is 1. The van der Waals surface area contributed by atoms with Gasteiger partial charge in [-0.05, 0) is 24.8 Å². The minimum absolute atomic E-state index is 0.00541. The quantitative estimate of drug-likeness (QED) is 0.803. The Kier molecular flexibility index (Phi) is 5.96. The number of likely N-dealkylation sites (tertiary alicyclic amines) is 1. The van der Waals surface area contributed by atoms with E-state index in [1.165, 1.54) is 5.56 Å². The Labute approximate surface area is 153 Å². The van der Waals surface area contributed by atoms with E-state index in [1.807, 2.05) is 34.7 Å². The Hall–Kier alpha value is -2.02. The normalized spacial score (nSPS) is 17.0. The molecule has 1 unspecified atom stereocenters. The first-order valence-electron chi connectivity index (χ1n) is 8.81. The molecular formula is C18H25N5OS. The number of hydrogen-bond acceptors (Lipinski definition) is 4. The van der Waals surface area contributed by atoms with Gasteiger partial charge in [-0.1, -0.05) is 49.0 Å². The molecule has 1 aliphatic rings. The number of hydrogen-bond donors (Lipinski definition) is 1. The second-order valence-electron chi connectivity index (χ2n) is 6.26. The first-order valence-corrected chi connectivity index (χ1v) is 9.79. The molecule has 0 bridgehead atoms. The van der Waals surface area contributed by atoms with E-state index >= 15 is 0 Å². The van der Waals surface area contributed by atoms with Crippen molar-refractivity contribution in [1.29, 1.82) is 0 Å². The smallest absolute Gasteiger partial charge is 0.318 e. The van der Waals surface area contributed by atoms with E-state index in [0.717, 1.165) is 42.5 Å². The Morgan fingerprint density at radius 3 is 2.88 bits per heavy atom. The lowest BCUT2D eigenvalue weighted by atomic mass is 10.2. The van der Waals surface area contributed by atoms with Crippen molar-refractivity contribution in [3.63, 3.8) is 0 Å². The first kappa shape index (κ1) is 17.8. The Balaban J connectivity index is 1.68. The molecule has 1 aromatic heterocycles. The number of aromatic nitrogens is 3. The second kappa shape index (κ2) is 8.38. The summed E-state index contributed by atoms with van der Waals surface area (Å²) in [4.78, 5) is 14.3. The van der Waals surface area contributed by atoms with E-state index in [4.69, 9.17) is 0 Å². The molecule has 7 heteroatoms. The van der Waals surface area contributed by atoms with E-state index in [1.54, 1.807) is 11.8 Å². The summed E-state index contributed by atoms with van der Waals surface area (Å²) in [5, 5.41) is 12.6. The van der Waals surface area contributed by atoms with Gasteiger partial charge in [0.15, 0.2) is 11.0 Å². The van der Waals surface area contributed by atoms with Gasteiger partial charge in [-0.25, -0.2) is 4.79 Å². The van der Waals surface area contributed by atoms with Crippen LogP contribution in [0, 0.1) is 0 Å². The van der Waals surface area contributed by atoms with Crippen molar-refractivity contribution < 1.29 is 4.79 Å². The molecule has 1 fully saturated rings. The Morgan fingerprint density at radius 1 is 1.32 bits per heavy atom. The SMILES string of the molecule is CCCNC(=O)N1CCCC1c1nnc(SCc2ccccc2)n1C. The van der Waals surface area contributed by atoms with Gasteiger partial charge in [0.05, 0.1) is 6.04 Å². The molecule has 1 N–H and O–H groups in total. The highest BCUT2D eigenvalue weighted by Crippen LogP contribution is 2.32. The molecule has 1 aliphatic heterocycles. The molecule has 3 rings (SSSR count). The number of nitrogens with one attached hydrogen (secondary N) is 1. The largest absolute Gasteiger partial charge is 0.338 e. The number of carbonyl (C=O) groups excluding carboxylic acids is 1. The highest BCUT2D eigenvalue weighted by molar-refractivity contribution is 7.98. The van der Waals surface area contributed by atoms with E-state index in [0.29, 0.717) is 6.54 Å². The van der Waals surface area contributed by atoms with Crippen LogP contribution in [0.25, 0.3) is 0 Å². The number of urea groups is 1. The van der Waals surface area contributed by atoms with Gasteiger partial charge in [-0.15, -0.1) is 10.2 Å². The predicted molar refractivity (Wildman–Crippen MR) is 99.4 cm³/mol. The summed E-state index contributed by atoms with van der Waals surface area (Å²) >= 11 is 1.67. The predicted octanol–water partition coefficient (Wildman–Crippen LogP) is 3.36. The summed E-state index contributed by atoms with van der Waals surface area (Å²) in [6.45, 7) is 3.54. The molecular weight excluding hydrogens is 334 g/mol. The average molecular weight is 359 g/mol. The van der Waals surface area contributed by atoms with Crippen molar-refractivity contribution >= 4 is 17.8 Å². The lowest BCUT2D eigenvalue weighted by Crippen LogP contribution is -2.40. The van der Waals surface area contributed by atoms with Crippen molar-refractivity contribution in [1.82, 2.24) is 25.0 Å². The Bertz CT molecular complexity index is 703. The number of thioether (sulfide) groups is 1. The van der Waals surface area contributed by atoms with Crippen LogP contribution >= 0.6 is 11.8 Å². The van der Waals surface area contributed by atoms with Gasteiger partial charge in [-0.3, -0.25) is 0 Å². The van der Waals surface area contributed by atoms with Crippen LogP contribution in [0.5, 0.6) is 0 Å². The number of nitrogens with zero attached hydrogens (tertiary/aromatic N) is 4. The molecule has 1 atom stereocenters. The molecule has 1 aromatic carbocycles. The standard InChI is InChI=1S/C18H25N5OS/c1-3-11-19-17(24)23-12-7-10-15(23)16-20-21-18(22(16)2)25-13-14-8-5-4-6-9-14/h4-6,8-9,15H,3,7,10-13H2,1-2H3,(H,19,24). The number of amides is 2. The fourth-order valence-electron chi connectivity index (χ4n) is 3.08. The van der Waals surface area contributed by atoms with Crippen LogP contribution in [0.2, 0.25) is 0 Å². The maximum absolute atomic E-state index is 12.4. The zero-order chi connectivity index (χ0) is 17.6. The van der Waals surface area contributed by atoms with E-state index < -0.39 is 0 Å². The summed E-state index contributed by atoms with van der Waals surface area (Å²) < 4.78 is 2.03. The lowest BCUT2D eigenvalue weighted by molar-refractivity contribution is 0.190. The highest BCUT2D eigenvalue weighted by atomic mass is 32.2. The van der Waals surface area contributed by atoms with Gasteiger partial charge in [0, 0.05) is 25.9 Å². The van der Waals surface area contributed by atoms with Crippen LogP contribution in [-0.4, -0.2) is 38.8 Å². The van der Waals surface area contributed by atoms with Gasteiger partial charge in [0.25, 0.3) is 0 Å². The van der Waals surface area contributed by atoms with Crippen LogP contribution in [0.3, 0.4) is 0 Å². The minimum Gasteiger partial charge on any atom is -0.338 e. The first-order chi connectivity index (χ1) is 12.2. The van der Waals surface area contributed by atoms with Crippen molar-refractivity contribution in [2.75, 3.05) is 13.1 Å². The summed E-state index contributed by atoms with van der Waals surface area (Å²) in [6, 6.07) is 10.4. The van der Waals surface area contributed by atoms with Crippen molar-refractivity contribution in [3.05, 3.63) is 41.7 Å². The van der Waals surface area contributed by atoms with Gasteiger partial charge in [0.2, 0.25) is 0 Å². The molecule has 2 aromatic rings. The molecule has 0 radical (unpaired) electrons. The second-order valence-corrected chi connectivity index (χ2v) is 7.20. The third kappa shape index (κ3) is 4.15. The monoisotopic (exact) mass is 359 g/mol. The average Bonchev–Trinajstić information content (AvgIpc) is 3.25. The highest BCUT2D eigenvalue weighted by Gasteiger charge is 2.33. The van der Waals surface area contributed by atoms with Crippen LogP contribution in [0.15, 0.2) is 35.5 Å². The zero-order valence-corrected chi connectivity index (χ0v) is 15.6. The minimum atomic E-state index is 0.00541. The van der Waals surface area contributed by atoms with Gasteiger partial charge < -0.3 is 14.8 Å². The topological polar surface area (TPSA) is 63.1 Å². The molecule has 0 aliphatic carbocycles. The van der Waals surface area contributed by atoms with Gasteiger partial charge in [0.1, 0.15) is 0 Å². The van der Waals surface area contributed by atoms with E-state index in [-0.39, 0.29) is 12.1 Å².